The Kier molecular flexibility index (Phi) is 6.30. The summed E-state index contributed by atoms with van der Waals surface area (Å²) in [4.78, 5) is 6.37. The third kappa shape index (κ3) is 4.52. The molecule has 2 rings (SSSR count). The number of pyridine rings is 1. The van der Waals surface area contributed by atoms with E-state index in [9.17, 15) is 0 Å². The molecule has 1 saturated heterocycles. The van der Waals surface area contributed by atoms with Gasteiger partial charge in [0.2, 0.25) is 0 Å². The van der Waals surface area contributed by atoms with Crippen LogP contribution in [0.4, 0.5) is 5.69 Å². The van der Waals surface area contributed by atoms with E-state index in [2.05, 4.69) is 34.4 Å². The normalized spacial score (nSPS) is 16.3. The predicted octanol–water partition coefficient (Wildman–Crippen LogP) is 2.33. The van der Waals surface area contributed by atoms with Gasteiger partial charge in [-0.3, -0.25) is 4.98 Å². The molecule has 96 valence electrons. The number of nitrogens with zero attached hydrogens (tertiary/aromatic N) is 2. The minimum absolute atomic E-state index is 0. The van der Waals surface area contributed by atoms with E-state index >= 15 is 0 Å². The summed E-state index contributed by atoms with van der Waals surface area (Å²) >= 11 is 0. The molecule has 0 atom stereocenters. The SMILES string of the molecule is CN(CCC1CCNCC1)c1ccncc1.Cl. The minimum atomic E-state index is 0. The van der Waals surface area contributed by atoms with Crippen LogP contribution < -0.4 is 10.2 Å². The van der Waals surface area contributed by atoms with Gasteiger partial charge in [0, 0.05) is 31.7 Å². The zero-order valence-electron chi connectivity index (χ0n) is 10.4. The summed E-state index contributed by atoms with van der Waals surface area (Å²) in [5.41, 5.74) is 1.27. The number of halogens is 1. The summed E-state index contributed by atoms with van der Waals surface area (Å²) < 4.78 is 0. The molecule has 4 heteroatoms. The lowest BCUT2D eigenvalue weighted by molar-refractivity contribution is 0.356. The van der Waals surface area contributed by atoms with Gasteiger partial charge >= 0.3 is 0 Å². The summed E-state index contributed by atoms with van der Waals surface area (Å²) in [7, 11) is 2.16. The topological polar surface area (TPSA) is 28.2 Å². The molecule has 0 unspecified atom stereocenters. The maximum Gasteiger partial charge on any atom is 0.0394 e. The van der Waals surface area contributed by atoms with Gasteiger partial charge in [0.25, 0.3) is 0 Å². The van der Waals surface area contributed by atoms with Crippen molar-refractivity contribution in [1.82, 2.24) is 10.3 Å². The number of piperidine rings is 1. The van der Waals surface area contributed by atoms with Gasteiger partial charge in [-0.15, -0.1) is 12.4 Å². The van der Waals surface area contributed by atoms with E-state index in [-0.39, 0.29) is 12.4 Å². The first kappa shape index (κ1) is 14.3. The maximum absolute atomic E-state index is 4.04. The molecular weight excluding hydrogens is 234 g/mol. The zero-order valence-corrected chi connectivity index (χ0v) is 11.2. The molecule has 1 aliphatic heterocycles. The Bertz CT molecular complexity index is 299. The van der Waals surface area contributed by atoms with Crippen LogP contribution in [0.3, 0.4) is 0 Å². The van der Waals surface area contributed by atoms with Gasteiger partial charge < -0.3 is 10.2 Å². The lowest BCUT2D eigenvalue weighted by atomic mass is 9.94. The molecule has 2 heterocycles. The molecule has 1 fully saturated rings. The number of aromatic nitrogens is 1. The Balaban J connectivity index is 0.00000144. The lowest BCUT2D eigenvalue weighted by Crippen LogP contribution is -2.30. The smallest absolute Gasteiger partial charge is 0.0394 e. The van der Waals surface area contributed by atoms with Crippen LogP contribution in [0.25, 0.3) is 0 Å². The molecule has 1 aromatic rings. The molecule has 0 bridgehead atoms. The van der Waals surface area contributed by atoms with Gasteiger partial charge in [-0.1, -0.05) is 0 Å². The maximum atomic E-state index is 4.04. The summed E-state index contributed by atoms with van der Waals surface area (Å²) in [5.74, 6) is 0.908. The molecule has 17 heavy (non-hydrogen) atoms. The highest BCUT2D eigenvalue weighted by Crippen LogP contribution is 2.18. The quantitative estimate of drug-likeness (QED) is 0.895. The van der Waals surface area contributed by atoms with Crippen molar-refractivity contribution in [3.05, 3.63) is 24.5 Å². The third-order valence-corrected chi connectivity index (χ3v) is 3.43. The average Bonchev–Trinajstić information content (AvgIpc) is 2.38. The summed E-state index contributed by atoms with van der Waals surface area (Å²) in [5, 5.41) is 3.41. The number of hydrogen-bond acceptors (Lipinski definition) is 3. The monoisotopic (exact) mass is 255 g/mol. The van der Waals surface area contributed by atoms with Crippen LogP contribution in [0.15, 0.2) is 24.5 Å². The second-order valence-corrected chi connectivity index (χ2v) is 4.61. The van der Waals surface area contributed by atoms with Crippen molar-refractivity contribution in [1.29, 1.82) is 0 Å². The van der Waals surface area contributed by atoms with Crippen LogP contribution in [0.2, 0.25) is 0 Å². The molecular formula is C13H22ClN3. The van der Waals surface area contributed by atoms with Crippen LogP contribution in [-0.2, 0) is 0 Å². The van der Waals surface area contributed by atoms with Gasteiger partial charge in [0.05, 0.1) is 0 Å². The minimum Gasteiger partial charge on any atom is -0.374 e. The molecule has 0 amide bonds. The van der Waals surface area contributed by atoms with Crippen molar-refractivity contribution in [3.63, 3.8) is 0 Å². The van der Waals surface area contributed by atoms with Gasteiger partial charge in [-0.2, -0.15) is 0 Å². The van der Waals surface area contributed by atoms with E-state index < -0.39 is 0 Å². The Labute approximate surface area is 110 Å². The second kappa shape index (κ2) is 7.51. The fourth-order valence-corrected chi connectivity index (χ4v) is 2.27. The lowest BCUT2D eigenvalue weighted by Gasteiger charge is -2.26. The molecule has 1 N–H and O–H groups in total. The van der Waals surface area contributed by atoms with Crippen LogP contribution >= 0.6 is 12.4 Å². The van der Waals surface area contributed by atoms with Crippen molar-refractivity contribution in [2.24, 2.45) is 5.92 Å². The fraction of sp³-hybridized carbons (Fsp3) is 0.615. The van der Waals surface area contributed by atoms with Crippen LogP contribution in [-0.4, -0.2) is 31.7 Å². The van der Waals surface area contributed by atoms with E-state index in [0.717, 1.165) is 12.5 Å². The molecule has 0 saturated carbocycles. The molecule has 0 radical (unpaired) electrons. The van der Waals surface area contributed by atoms with Crippen LogP contribution in [0.1, 0.15) is 19.3 Å². The second-order valence-electron chi connectivity index (χ2n) is 4.61. The number of anilines is 1. The predicted molar refractivity (Wildman–Crippen MR) is 75.0 cm³/mol. The summed E-state index contributed by atoms with van der Waals surface area (Å²) in [6.07, 6.45) is 7.70. The first-order valence-electron chi connectivity index (χ1n) is 6.18. The average molecular weight is 256 g/mol. The van der Waals surface area contributed by atoms with Crippen molar-refractivity contribution in [2.75, 3.05) is 31.6 Å². The highest BCUT2D eigenvalue weighted by molar-refractivity contribution is 5.85. The van der Waals surface area contributed by atoms with E-state index in [4.69, 9.17) is 0 Å². The first-order valence-corrected chi connectivity index (χ1v) is 6.18. The van der Waals surface area contributed by atoms with Gasteiger partial charge in [-0.25, -0.2) is 0 Å². The molecule has 1 aliphatic rings. The number of nitrogens with one attached hydrogen (secondary N) is 1. The Morgan fingerprint density at radius 3 is 2.59 bits per heavy atom. The van der Waals surface area contributed by atoms with Gasteiger partial charge in [-0.05, 0) is 50.4 Å². The summed E-state index contributed by atoms with van der Waals surface area (Å²) in [6.45, 7) is 3.54. The Morgan fingerprint density at radius 1 is 1.29 bits per heavy atom. The van der Waals surface area contributed by atoms with E-state index in [1.54, 1.807) is 0 Å². The van der Waals surface area contributed by atoms with Crippen molar-refractivity contribution in [3.8, 4) is 0 Å². The fourth-order valence-electron chi connectivity index (χ4n) is 2.27. The first-order chi connectivity index (χ1) is 7.86. The van der Waals surface area contributed by atoms with Gasteiger partial charge in [0.15, 0.2) is 0 Å². The zero-order chi connectivity index (χ0) is 11.2. The van der Waals surface area contributed by atoms with Crippen molar-refractivity contribution >= 4 is 18.1 Å². The van der Waals surface area contributed by atoms with E-state index in [1.165, 1.54) is 38.0 Å². The number of rotatable bonds is 4. The molecule has 0 spiro atoms. The Morgan fingerprint density at radius 2 is 1.94 bits per heavy atom. The number of hydrogen-bond donors (Lipinski definition) is 1. The molecule has 3 nitrogen and oxygen atoms in total. The van der Waals surface area contributed by atoms with Crippen LogP contribution in [0, 0.1) is 5.92 Å². The molecule has 1 aromatic heterocycles. The largest absolute Gasteiger partial charge is 0.374 e. The Hall–Kier alpha value is -0.800. The van der Waals surface area contributed by atoms with Crippen molar-refractivity contribution in [2.45, 2.75) is 19.3 Å². The molecule has 0 aromatic carbocycles. The highest BCUT2D eigenvalue weighted by atomic mass is 35.5. The van der Waals surface area contributed by atoms with E-state index in [0.29, 0.717) is 0 Å². The van der Waals surface area contributed by atoms with Gasteiger partial charge in [0.1, 0.15) is 0 Å². The molecule has 0 aliphatic carbocycles. The summed E-state index contributed by atoms with van der Waals surface area (Å²) in [6, 6.07) is 4.14. The third-order valence-electron chi connectivity index (χ3n) is 3.43. The standard InChI is InChI=1S/C13H21N3.ClH/c1-16(13-4-9-15-10-5-13)11-6-12-2-7-14-8-3-12;/h4-5,9-10,12,14H,2-3,6-8,11H2,1H3;1H. The highest BCUT2D eigenvalue weighted by Gasteiger charge is 2.13. The van der Waals surface area contributed by atoms with Crippen molar-refractivity contribution < 1.29 is 0 Å². The van der Waals surface area contributed by atoms with Crippen LogP contribution in [0.5, 0.6) is 0 Å². The van der Waals surface area contributed by atoms with E-state index in [1.807, 2.05) is 12.4 Å².